The standard InChI is InChI=1S/C28H25N5O2/c1-2-35-24-6-4-3-5-20(24)17-7-9-18(10-8-17)25-22(15-29)27(21-13-14-31-16-23(21)32-25)33-26(28(30)34)19-11-12-19/h3-10,13-14,16,19,26H,2,11-12H2,1H3,(H2,30,34)(H,32,33). The van der Waals surface area contributed by atoms with Crippen molar-refractivity contribution in [1.29, 1.82) is 5.26 Å². The third-order valence-electron chi connectivity index (χ3n) is 6.26. The number of fused-ring (bicyclic) bond motifs is 1. The van der Waals surface area contributed by atoms with Crippen LogP contribution in [0.2, 0.25) is 0 Å². The van der Waals surface area contributed by atoms with Gasteiger partial charge in [0.05, 0.1) is 29.7 Å². The van der Waals surface area contributed by atoms with E-state index in [2.05, 4.69) is 16.4 Å². The highest BCUT2D eigenvalue weighted by atomic mass is 16.5. The molecule has 1 fully saturated rings. The molecule has 174 valence electrons. The van der Waals surface area contributed by atoms with Gasteiger partial charge in [-0.25, -0.2) is 4.98 Å². The number of ether oxygens (including phenoxy) is 1. The van der Waals surface area contributed by atoms with Crippen LogP contribution in [0.25, 0.3) is 33.3 Å². The third-order valence-corrected chi connectivity index (χ3v) is 6.26. The number of carbonyl (C=O) groups is 1. The monoisotopic (exact) mass is 463 g/mol. The number of rotatable bonds is 8. The summed E-state index contributed by atoms with van der Waals surface area (Å²) in [6, 6.07) is 19.3. The number of benzene rings is 2. The second-order valence-electron chi connectivity index (χ2n) is 8.58. The molecule has 4 aromatic rings. The minimum Gasteiger partial charge on any atom is -0.493 e. The van der Waals surface area contributed by atoms with Crippen molar-refractivity contribution in [2.45, 2.75) is 25.8 Å². The van der Waals surface area contributed by atoms with Gasteiger partial charge in [0, 0.05) is 22.7 Å². The fourth-order valence-corrected chi connectivity index (χ4v) is 4.38. The summed E-state index contributed by atoms with van der Waals surface area (Å²) >= 11 is 0. The number of para-hydroxylation sites is 1. The Labute approximate surface area is 203 Å². The predicted octanol–water partition coefficient (Wildman–Crippen LogP) is 4.91. The van der Waals surface area contributed by atoms with Crippen LogP contribution in [0.5, 0.6) is 5.75 Å². The summed E-state index contributed by atoms with van der Waals surface area (Å²) in [4.78, 5) is 21.1. The van der Waals surface area contributed by atoms with E-state index in [1.54, 1.807) is 18.5 Å². The Bertz CT molecular complexity index is 1440. The fourth-order valence-electron chi connectivity index (χ4n) is 4.38. The first kappa shape index (κ1) is 22.4. The second kappa shape index (κ2) is 9.43. The number of nitriles is 1. The molecule has 1 saturated carbocycles. The highest BCUT2D eigenvalue weighted by Crippen LogP contribution is 2.39. The number of anilines is 1. The molecule has 1 aliphatic carbocycles. The molecule has 2 aromatic heterocycles. The molecule has 2 aromatic carbocycles. The SMILES string of the molecule is CCOc1ccccc1-c1ccc(-c2nc3cnccc3c(NC(C(N)=O)C3CC3)c2C#N)cc1. The van der Waals surface area contributed by atoms with E-state index in [0.29, 0.717) is 29.1 Å². The molecule has 3 N–H and O–H groups in total. The molecule has 1 amide bonds. The maximum atomic E-state index is 12.2. The van der Waals surface area contributed by atoms with Gasteiger partial charge < -0.3 is 15.8 Å². The van der Waals surface area contributed by atoms with Crippen LogP contribution in [0, 0.1) is 17.2 Å². The number of aromatic nitrogens is 2. The maximum Gasteiger partial charge on any atom is 0.240 e. The molecule has 1 atom stereocenters. The molecule has 0 saturated heterocycles. The Kier molecular flexibility index (Phi) is 6.02. The average Bonchev–Trinajstić information content (AvgIpc) is 3.72. The highest BCUT2D eigenvalue weighted by Gasteiger charge is 2.36. The van der Waals surface area contributed by atoms with Crippen LogP contribution in [0.1, 0.15) is 25.3 Å². The quantitative estimate of drug-likeness (QED) is 0.384. The Morgan fingerprint density at radius 1 is 1.17 bits per heavy atom. The number of hydrogen-bond acceptors (Lipinski definition) is 6. The lowest BCUT2D eigenvalue weighted by atomic mass is 9.98. The average molecular weight is 464 g/mol. The molecular weight excluding hydrogens is 438 g/mol. The van der Waals surface area contributed by atoms with E-state index in [4.69, 9.17) is 15.5 Å². The van der Waals surface area contributed by atoms with Crippen LogP contribution >= 0.6 is 0 Å². The van der Waals surface area contributed by atoms with E-state index in [-0.39, 0.29) is 5.92 Å². The van der Waals surface area contributed by atoms with Crippen molar-refractivity contribution in [3.8, 4) is 34.2 Å². The van der Waals surface area contributed by atoms with Crippen LogP contribution in [0.4, 0.5) is 5.69 Å². The van der Waals surface area contributed by atoms with Crippen molar-refractivity contribution in [2.24, 2.45) is 11.7 Å². The normalized spacial score (nSPS) is 13.7. The summed E-state index contributed by atoms with van der Waals surface area (Å²) < 4.78 is 5.78. The van der Waals surface area contributed by atoms with E-state index in [1.165, 1.54) is 0 Å². The van der Waals surface area contributed by atoms with Gasteiger partial charge in [0.2, 0.25) is 5.91 Å². The lowest BCUT2D eigenvalue weighted by Crippen LogP contribution is -2.37. The first-order valence-corrected chi connectivity index (χ1v) is 11.7. The molecular formula is C28H25N5O2. The number of amides is 1. The molecule has 0 spiro atoms. The van der Waals surface area contributed by atoms with E-state index in [0.717, 1.165) is 40.7 Å². The van der Waals surface area contributed by atoms with Gasteiger partial charge >= 0.3 is 0 Å². The summed E-state index contributed by atoms with van der Waals surface area (Å²) in [5, 5.41) is 14.2. The molecule has 0 bridgehead atoms. The van der Waals surface area contributed by atoms with E-state index < -0.39 is 11.9 Å². The van der Waals surface area contributed by atoms with Gasteiger partial charge in [0.25, 0.3) is 0 Å². The maximum absolute atomic E-state index is 12.2. The van der Waals surface area contributed by atoms with Gasteiger partial charge in [-0.1, -0.05) is 42.5 Å². The van der Waals surface area contributed by atoms with E-state index in [9.17, 15) is 10.1 Å². The zero-order valence-corrected chi connectivity index (χ0v) is 19.4. The number of nitrogens with two attached hydrogens (primary N) is 1. The largest absolute Gasteiger partial charge is 0.493 e. The first-order valence-electron chi connectivity index (χ1n) is 11.7. The predicted molar refractivity (Wildman–Crippen MR) is 136 cm³/mol. The summed E-state index contributed by atoms with van der Waals surface area (Å²) in [5.74, 6) is 0.575. The number of pyridine rings is 2. The molecule has 1 aliphatic rings. The summed E-state index contributed by atoms with van der Waals surface area (Å²) in [6.07, 6.45) is 5.18. The van der Waals surface area contributed by atoms with Crippen molar-refractivity contribution >= 4 is 22.5 Å². The lowest BCUT2D eigenvalue weighted by Gasteiger charge is -2.20. The van der Waals surface area contributed by atoms with Gasteiger partial charge in [0.15, 0.2) is 0 Å². The van der Waals surface area contributed by atoms with E-state index >= 15 is 0 Å². The first-order chi connectivity index (χ1) is 17.1. The third kappa shape index (κ3) is 4.38. The molecule has 5 rings (SSSR count). The van der Waals surface area contributed by atoms with Crippen LogP contribution in [-0.4, -0.2) is 28.5 Å². The minimum absolute atomic E-state index is 0.178. The molecule has 0 aliphatic heterocycles. The van der Waals surface area contributed by atoms with Crippen LogP contribution < -0.4 is 15.8 Å². The topological polar surface area (TPSA) is 114 Å². The summed E-state index contributed by atoms with van der Waals surface area (Å²) in [5.41, 5.74) is 10.6. The van der Waals surface area contributed by atoms with Crippen molar-refractivity contribution in [2.75, 3.05) is 11.9 Å². The van der Waals surface area contributed by atoms with Crippen molar-refractivity contribution in [1.82, 2.24) is 9.97 Å². The van der Waals surface area contributed by atoms with Gasteiger partial charge in [-0.3, -0.25) is 9.78 Å². The Morgan fingerprint density at radius 3 is 2.60 bits per heavy atom. The van der Waals surface area contributed by atoms with Crippen molar-refractivity contribution in [3.63, 3.8) is 0 Å². The highest BCUT2D eigenvalue weighted by molar-refractivity contribution is 5.99. The van der Waals surface area contributed by atoms with Gasteiger partial charge in [-0.2, -0.15) is 5.26 Å². The lowest BCUT2D eigenvalue weighted by molar-refractivity contribution is -0.119. The van der Waals surface area contributed by atoms with Crippen molar-refractivity contribution < 1.29 is 9.53 Å². The number of carbonyl (C=O) groups excluding carboxylic acids is 1. The molecule has 1 unspecified atom stereocenters. The molecule has 7 heteroatoms. The number of hydrogen-bond donors (Lipinski definition) is 2. The van der Waals surface area contributed by atoms with Crippen LogP contribution in [0.15, 0.2) is 67.0 Å². The van der Waals surface area contributed by atoms with Gasteiger partial charge in [0.1, 0.15) is 23.4 Å². The molecule has 2 heterocycles. The molecule has 7 nitrogen and oxygen atoms in total. The Morgan fingerprint density at radius 2 is 1.91 bits per heavy atom. The second-order valence-corrected chi connectivity index (χ2v) is 8.58. The van der Waals surface area contributed by atoms with E-state index in [1.807, 2.05) is 55.5 Å². The van der Waals surface area contributed by atoms with Crippen LogP contribution in [0.3, 0.4) is 0 Å². The van der Waals surface area contributed by atoms with Gasteiger partial charge in [-0.05, 0) is 43.4 Å². The molecule has 35 heavy (non-hydrogen) atoms. The van der Waals surface area contributed by atoms with Gasteiger partial charge in [-0.15, -0.1) is 0 Å². The zero-order chi connectivity index (χ0) is 24.4. The molecule has 0 radical (unpaired) electrons. The minimum atomic E-state index is -0.536. The zero-order valence-electron chi connectivity index (χ0n) is 19.4. The van der Waals surface area contributed by atoms with Crippen LogP contribution in [-0.2, 0) is 4.79 Å². The number of nitrogens with one attached hydrogen (secondary N) is 1. The number of nitrogens with zero attached hydrogens (tertiary/aromatic N) is 3. The fraction of sp³-hybridized carbons (Fsp3) is 0.214. The Balaban J connectivity index is 1.61. The van der Waals surface area contributed by atoms with Crippen molar-refractivity contribution in [3.05, 3.63) is 72.6 Å². The summed E-state index contributed by atoms with van der Waals surface area (Å²) in [7, 11) is 0. The Hall–Kier alpha value is -4.44. The number of primary amides is 1. The smallest absolute Gasteiger partial charge is 0.240 e. The summed E-state index contributed by atoms with van der Waals surface area (Å²) in [6.45, 7) is 2.54.